The van der Waals surface area contributed by atoms with Crippen molar-refractivity contribution in [2.45, 2.75) is 119 Å². The zero-order valence-electron chi connectivity index (χ0n) is 39.8. The van der Waals surface area contributed by atoms with Crippen LogP contribution in [0.5, 0.6) is 0 Å². The molecule has 0 spiro atoms. The molecule has 6 aromatic rings. The van der Waals surface area contributed by atoms with Crippen LogP contribution in [0.2, 0.25) is 0 Å². The molecule has 1 aliphatic carbocycles. The maximum absolute atomic E-state index is 2.67. The Morgan fingerprint density at radius 3 is 1.34 bits per heavy atom. The summed E-state index contributed by atoms with van der Waals surface area (Å²) >= 11 is 0. The van der Waals surface area contributed by atoms with Crippen LogP contribution in [0.1, 0.15) is 130 Å². The van der Waals surface area contributed by atoms with Crippen molar-refractivity contribution in [1.82, 2.24) is 0 Å². The second kappa shape index (κ2) is 14.2. The summed E-state index contributed by atoms with van der Waals surface area (Å²) in [6.45, 7) is 33.0. The molecule has 0 fully saturated rings. The molecule has 0 atom stereocenters. The van der Waals surface area contributed by atoms with E-state index in [1.165, 1.54) is 95.1 Å². The molecule has 2 nitrogen and oxygen atoms in total. The van der Waals surface area contributed by atoms with Crippen LogP contribution in [0.25, 0.3) is 11.1 Å². The van der Waals surface area contributed by atoms with E-state index in [-0.39, 0.29) is 33.8 Å². The van der Waals surface area contributed by atoms with Gasteiger partial charge in [-0.05, 0) is 114 Å². The molecule has 0 unspecified atom stereocenters. The van der Waals surface area contributed by atoms with Gasteiger partial charge in [0, 0.05) is 45.1 Å². The first-order valence-corrected chi connectivity index (χ1v) is 22.8. The lowest BCUT2D eigenvalue weighted by molar-refractivity contribution is 0.589. The van der Waals surface area contributed by atoms with Gasteiger partial charge in [-0.25, -0.2) is 0 Å². The number of anilines is 5. The topological polar surface area (TPSA) is 6.48 Å². The van der Waals surface area contributed by atoms with Gasteiger partial charge in [-0.15, -0.1) is 0 Å². The van der Waals surface area contributed by atoms with Crippen LogP contribution in [0.15, 0.2) is 151 Å². The average Bonchev–Trinajstić information content (AvgIpc) is 3.46. The molecule has 0 N–H and O–H groups in total. The molecule has 2 aliphatic heterocycles. The highest BCUT2D eigenvalue weighted by Crippen LogP contribution is 2.61. The average molecular weight is 813 g/mol. The molecule has 6 aromatic carbocycles. The van der Waals surface area contributed by atoms with Gasteiger partial charge in [0.1, 0.15) is 0 Å². The van der Waals surface area contributed by atoms with Crippen LogP contribution >= 0.6 is 0 Å². The van der Waals surface area contributed by atoms with Gasteiger partial charge in [-0.3, -0.25) is 0 Å². The van der Waals surface area contributed by atoms with Gasteiger partial charge in [0.05, 0.1) is 0 Å². The lowest BCUT2D eigenvalue weighted by Gasteiger charge is -2.47. The quantitative estimate of drug-likeness (QED) is 0.164. The third-order valence-electron chi connectivity index (χ3n) is 13.9. The van der Waals surface area contributed by atoms with E-state index in [9.17, 15) is 0 Å². The Hall–Kier alpha value is -5.54. The minimum Gasteiger partial charge on any atom is -0.311 e. The van der Waals surface area contributed by atoms with Crippen LogP contribution < -0.4 is 20.7 Å². The second-order valence-electron chi connectivity index (χ2n) is 22.8. The first-order chi connectivity index (χ1) is 29.1. The lowest BCUT2D eigenvalue weighted by Crippen LogP contribution is -2.58. The molecule has 0 radical (unpaired) electrons. The van der Waals surface area contributed by atoms with Crippen LogP contribution in [-0.2, 0) is 21.7 Å². The monoisotopic (exact) mass is 813 g/mol. The molecular formula is C59H65BN2. The van der Waals surface area contributed by atoms with Gasteiger partial charge in [-0.1, -0.05) is 199 Å². The fraction of sp³-hybridized carbons (Fsp3) is 0.322. The zero-order valence-corrected chi connectivity index (χ0v) is 39.8. The predicted octanol–water partition coefficient (Wildman–Crippen LogP) is 14.9. The number of fused-ring (bicyclic) bond motifs is 3. The molecule has 0 saturated carbocycles. The second-order valence-corrected chi connectivity index (χ2v) is 22.8. The molecular weight excluding hydrogens is 747 g/mol. The van der Waals surface area contributed by atoms with Crippen molar-refractivity contribution < 1.29 is 0 Å². The fourth-order valence-corrected chi connectivity index (χ4v) is 10.4. The summed E-state index contributed by atoms with van der Waals surface area (Å²) in [6, 6.07) is 53.8. The number of allylic oxidation sites excluding steroid dienone is 3. The van der Waals surface area contributed by atoms with Crippen LogP contribution in [0.3, 0.4) is 0 Å². The number of nitrogens with zero attached hydrogens (tertiary/aromatic N) is 2. The molecule has 314 valence electrons. The summed E-state index contributed by atoms with van der Waals surface area (Å²) in [7, 11) is 0. The van der Waals surface area contributed by atoms with E-state index >= 15 is 0 Å². The first-order valence-electron chi connectivity index (χ1n) is 22.8. The van der Waals surface area contributed by atoms with Gasteiger partial charge in [-0.2, -0.15) is 0 Å². The predicted molar refractivity (Wildman–Crippen MR) is 270 cm³/mol. The van der Waals surface area contributed by atoms with Gasteiger partial charge in [0.2, 0.25) is 6.71 Å². The highest BCUT2D eigenvalue weighted by molar-refractivity contribution is 6.96. The van der Waals surface area contributed by atoms with E-state index in [0.717, 1.165) is 0 Å². The molecule has 0 aromatic heterocycles. The van der Waals surface area contributed by atoms with Crippen molar-refractivity contribution >= 4 is 57.2 Å². The van der Waals surface area contributed by atoms with Crippen molar-refractivity contribution in [2.24, 2.45) is 5.41 Å². The number of rotatable bonds is 4. The Kier molecular flexibility index (Phi) is 9.60. The standard InChI is InChI=1S/C59H65BN2/c1-55(2,3)40-25-30-44(31-26-40)61-47-34-29-42(57(7,8)9)35-46(47)60-52-48(61)36-43(58(10,11)12)37-49(52)62(45-32-27-41(28-33-45)56(4,5)6)53-50(38-21-17-15-18-22-38)51(59(13,14)54(53)60)39-23-19-16-20-24-39/h15-37H,1-14H3. The van der Waals surface area contributed by atoms with Crippen molar-refractivity contribution in [3.8, 4) is 0 Å². The highest BCUT2D eigenvalue weighted by Gasteiger charge is 2.54. The summed E-state index contributed by atoms with van der Waals surface area (Å²) in [5.74, 6) is 0. The molecule has 3 heteroatoms. The maximum atomic E-state index is 2.67. The van der Waals surface area contributed by atoms with E-state index in [1.54, 1.807) is 0 Å². The molecule has 0 saturated heterocycles. The molecule has 2 heterocycles. The third kappa shape index (κ3) is 6.79. The van der Waals surface area contributed by atoms with Crippen molar-refractivity contribution in [1.29, 1.82) is 0 Å². The zero-order chi connectivity index (χ0) is 44.3. The van der Waals surface area contributed by atoms with Crippen molar-refractivity contribution in [3.05, 3.63) is 184 Å². The van der Waals surface area contributed by atoms with Crippen molar-refractivity contribution in [2.75, 3.05) is 9.80 Å². The number of benzene rings is 6. The Morgan fingerprint density at radius 2 is 0.855 bits per heavy atom. The van der Waals surface area contributed by atoms with Gasteiger partial charge < -0.3 is 9.80 Å². The molecule has 62 heavy (non-hydrogen) atoms. The van der Waals surface area contributed by atoms with Gasteiger partial charge >= 0.3 is 0 Å². The lowest BCUT2D eigenvalue weighted by atomic mass is 9.30. The Balaban J connectivity index is 1.46. The largest absolute Gasteiger partial charge is 0.311 e. The Labute approximate surface area is 373 Å². The third-order valence-corrected chi connectivity index (χ3v) is 13.9. The first kappa shape index (κ1) is 41.8. The summed E-state index contributed by atoms with van der Waals surface area (Å²) in [6.07, 6.45) is 0. The molecule has 0 amide bonds. The minimum atomic E-state index is -0.348. The van der Waals surface area contributed by atoms with E-state index in [1.807, 2.05) is 0 Å². The maximum Gasteiger partial charge on any atom is 0.248 e. The van der Waals surface area contributed by atoms with Crippen LogP contribution in [0, 0.1) is 5.41 Å². The fourth-order valence-electron chi connectivity index (χ4n) is 10.4. The van der Waals surface area contributed by atoms with Gasteiger partial charge in [0.25, 0.3) is 0 Å². The SMILES string of the molecule is CC1(C)C2=C(C(c3ccccc3)=C1c1ccccc1)N(c1ccc(C(C)(C)C)cc1)c1cc(C(C)(C)C)cc3c1B2c1cc(C(C)(C)C)ccc1N3c1ccc(C(C)(C)C)cc1. The molecule has 0 bridgehead atoms. The number of hydrogen-bond acceptors (Lipinski definition) is 2. The highest BCUT2D eigenvalue weighted by atomic mass is 15.2. The Bertz CT molecular complexity index is 2760. The number of hydrogen-bond donors (Lipinski definition) is 0. The van der Waals surface area contributed by atoms with E-state index in [0.29, 0.717) is 0 Å². The normalized spacial score (nSPS) is 16.1. The summed E-state index contributed by atoms with van der Waals surface area (Å²) in [4.78, 5) is 5.27. The minimum absolute atomic E-state index is 0.00596. The summed E-state index contributed by atoms with van der Waals surface area (Å²) in [5.41, 5.74) is 21.8. The van der Waals surface area contributed by atoms with Crippen molar-refractivity contribution in [3.63, 3.8) is 0 Å². The summed E-state index contributed by atoms with van der Waals surface area (Å²) in [5, 5.41) is 0. The van der Waals surface area contributed by atoms with Crippen LogP contribution in [-0.4, -0.2) is 6.71 Å². The van der Waals surface area contributed by atoms with E-state index < -0.39 is 0 Å². The van der Waals surface area contributed by atoms with Crippen LogP contribution in [0.4, 0.5) is 28.4 Å². The smallest absolute Gasteiger partial charge is 0.248 e. The van der Waals surface area contributed by atoms with E-state index in [2.05, 4.69) is 246 Å². The summed E-state index contributed by atoms with van der Waals surface area (Å²) < 4.78 is 0. The Morgan fingerprint density at radius 1 is 0.419 bits per heavy atom. The molecule has 9 rings (SSSR count). The van der Waals surface area contributed by atoms with Gasteiger partial charge in [0.15, 0.2) is 0 Å². The molecule has 3 aliphatic rings. The van der Waals surface area contributed by atoms with E-state index in [4.69, 9.17) is 0 Å².